The number of nitrogens with one attached hydrogen (secondary N) is 2. The normalized spacial score (nSPS) is 37.7. The van der Waals surface area contributed by atoms with Crippen LogP contribution in [0.3, 0.4) is 0 Å². The monoisotopic (exact) mass is 251 g/mol. The molecule has 102 valence electrons. The fourth-order valence-corrected chi connectivity index (χ4v) is 3.27. The predicted octanol–water partition coefficient (Wildman–Crippen LogP) is 0.871. The molecule has 2 atom stereocenters. The second kappa shape index (κ2) is 4.82. The van der Waals surface area contributed by atoms with E-state index >= 15 is 0 Å². The molecule has 3 fully saturated rings. The van der Waals surface area contributed by atoms with E-state index in [0.717, 1.165) is 38.4 Å². The minimum atomic E-state index is -0.328. The summed E-state index contributed by atoms with van der Waals surface area (Å²) in [5.74, 6) is 0.213. The molecule has 2 heterocycles. The zero-order chi connectivity index (χ0) is 12.6. The minimum absolute atomic E-state index is 0.213. The van der Waals surface area contributed by atoms with Crippen LogP contribution in [0.4, 0.5) is 0 Å². The van der Waals surface area contributed by atoms with Gasteiger partial charge in [-0.05, 0) is 52.0 Å². The summed E-state index contributed by atoms with van der Waals surface area (Å²) in [7, 11) is 0. The predicted molar refractivity (Wildman–Crippen MR) is 71.4 cm³/mol. The van der Waals surface area contributed by atoms with E-state index in [-0.39, 0.29) is 11.4 Å². The SMILES string of the molecule is CC1(C(=O)NC2CCN(C3CC3)C2)CCCCN1. The molecule has 0 spiro atoms. The number of amides is 1. The Labute approximate surface area is 109 Å². The van der Waals surface area contributed by atoms with E-state index in [1.54, 1.807) is 0 Å². The molecule has 0 aromatic rings. The quantitative estimate of drug-likeness (QED) is 0.782. The van der Waals surface area contributed by atoms with E-state index in [1.165, 1.54) is 25.8 Å². The van der Waals surface area contributed by atoms with Crippen molar-refractivity contribution in [3.63, 3.8) is 0 Å². The first-order valence-electron chi connectivity index (χ1n) is 7.47. The molecule has 2 aliphatic heterocycles. The molecular formula is C14H25N3O. The summed E-state index contributed by atoms with van der Waals surface area (Å²) < 4.78 is 0. The number of carbonyl (C=O) groups excluding carboxylic acids is 1. The summed E-state index contributed by atoms with van der Waals surface area (Å²) in [4.78, 5) is 14.9. The molecule has 0 radical (unpaired) electrons. The van der Waals surface area contributed by atoms with Gasteiger partial charge in [-0.15, -0.1) is 0 Å². The molecule has 0 aromatic heterocycles. The van der Waals surface area contributed by atoms with Gasteiger partial charge in [-0.3, -0.25) is 9.69 Å². The fraction of sp³-hybridized carbons (Fsp3) is 0.929. The average molecular weight is 251 g/mol. The smallest absolute Gasteiger partial charge is 0.240 e. The van der Waals surface area contributed by atoms with Gasteiger partial charge in [0.25, 0.3) is 0 Å². The number of rotatable bonds is 3. The van der Waals surface area contributed by atoms with Gasteiger partial charge in [0.2, 0.25) is 5.91 Å². The number of hydrogen-bond acceptors (Lipinski definition) is 3. The number of hydrogen-bond donors (Lipinski definition) is 2. The Kier molecular flexibility index (Phi) is 3.32. The molecule has 2 N–H and O–H groups in total. The van der Waals surface area contributed by atoms with Gasteiger partial charge in [0.1, 0.15) is 0 Å². The van der Waals surface area contributed by atoms with E-state index in [4.69, 9.17) is 0 Å². The van der Waals surface area contributed by atoms with E-state index in [2.05, 4.69) is 22.5 Å². The van der Waals surface area contributed by atoms with Gasteiger partial charge in [-0.25, -0.2) is 0 Å². The molecule has 2 unspecified atom stereocenters. The molecule has 0 bridgehead atoms. The summed E-state index contributed by atoms with van der Waals surface area (Å²) in [6.45, 7) is 5.25. The lowest BCUT2D eigenvalue weighted by atomic mass is 9.90. The molecule has 1 amide bonds. The van der Waals surface area contributed by atoms with Crippen LogP contribution >= 0.6 is 0 Å². The number of carbonyl (C=O) groups is 1. The molecule has 3 rings (SSSR count). The third-order valence-electron chi connectivity index (χ3n) is 4.74. The summed E-state index contributed by atoms with van der Waals surface area (Å²) in [6, 6.07) is 1.20. The number of nitrogens with zero attached hydrogens (tertiary/aromatic N) is 1. The second-order valence-corrected chi connectivity index (χ2v) is 6.40. The van der Waals surface area contributed by atoms with Crippen LogP contribution in [0.15, 0.2) is 0 Å². The lowest BCUT2D eigenvalue weighted by Gasteiger charge is -2.34. The summed E-state index contributed by atoms with van der Waals surface area (Å²) >= 11 is 0. The van der Waals surface area contributed by atoms with Crippen molar-refractivity contribution < 1.29 is 4.79 Å². The average Bonchev–Trinajstić information content (AvgIpc) is 3.11. The van der Waals surface area contributed by atoms with Crippen LogP contribution in [-0.4, -0.2) is 48.1 Å². The maximum atomic E-state index is 12.4. The van der Waals surface area contributed by atoms with Crippen molar-refractivity contribution in [1.29, 1.82) is 0 Å². The van der Waals surface area contributed by atoms with Gasteiger partial charge in [0.15, 0.2) is 0 Å². The molecule has 1 aliphatic carbocycles. The van der Waals surface area contributed by atoms with Crippen LogP contribution in [0.5, 0.6) is 0 Å². The Morgan fingerprint density at radius 1 is 1.33 bits per heavy atom. The lowest BCUT2D eigenvalue weighted by molar-refractivity contribution is -0.128. The molecule has 0 aromatic carbocycles. The molecule has 3 aliphatic rings. The van der Waals surface area contributed by atoms with Gasteiger partial charge < -0.3 is 10.6 Å². The molecule has 2 saturated heterocycles. The van der Waals surface area contributed by atoms with E-state index in [1.807, 2.05) is 0 Å². The Bertz CT molecular complexity index is 321. The highest BCUT2D eigenvalue weighted by Crippen LogP contribution is 2.30. The van der Waals surface area contributed by atoms with Crippen LogP contribution < -0.4 is 10.6 Å². The van der Waals surface area contributed by atoms with Crippen LogP contribution in [0.1, 0.15) is 45.4 Å². The van der Waals surface area contributed by atoms with Crippen LogP contribution in [0.2, 0.25) is 0 Å². The maximum absolute atomic E-state index is 12.4. The van der Waals surface area contributed by atoms with Crippen molar-refractivity contribution in [1.82, 2.24) is 15.5 Å². The number of likely N-dealkylation sites (tertiary alicyclic amines) is 1. The van der Waals surface area contributed by atoms with Gasteiger partial charge >= 0.3 is 0 Å². The topological polar surface area (TPSA) is 44.4 Å². The van der Waals surface area contributed by atoms with Gasteiger partial charge in [0, 0.05) is 25.2 Å². The van der Waals surface area contributed by atoms with E-state index < -0.39 is 0 Å². The van der Waals surface area contributed by atoms with E-state index in [0.29, 0.717) is 6.04 Å². The Morgan fingerprint density at radius 2 is 2.17 bits per heavy atom. The zero-order valence-electron chi connectivity index (χ0n) is 11.4. The van der Waals surface area contributed by atoms with Gasteiger partial charge in [0.05, 0.1) is 5.54 Å². The van der Waals surface area contributed by atoms with Crippen molar-refractivity contribution >= 4 is 5.91 Å². The maximum Gasteiger partial charge on any atom is 0.240 e. The first kappa shape index (κ1) is 12.4. The van der Waals surface area contributed by atoms with Gasteiger partial charge in [-0.1, -0.05) is 0 Å². The van der Waals surface area contributed by atoms with Crippen molar-refractivity contribution in [3.05, 3.63) is 0 Å². The first-order valence-corrected chi connectivity index (χ1v) is 7.47. The minimum Gasteiger partial charge on any atom is -0.350 e. The molecular weight excluding hydrogens is 226 g/mol. The molecule has 1 saturated carbocycles. The molecule has 18 heavy (non-hydrogen) atoms. The van der Waals surface area contributed by atoms with Crippen LogP contribution in [0.25, 0.3) is 0 Å². The summed E-state index contributed by atoms with van der Waals surface area (Å²) in [5, 5.41) is 6.65. The third kappa shape index (κ3) is 2.54. The lowest BCUT2D eigenvalue weighted by Crippen LogP contribution is -2.58. The van der Waals surface area contributed by atoms with E-state index in [9.17, 15) is 4.79 Å². The van der Waals surface area contributed by atoms with Crippen molar-refractivity contribution in [2.24, 2.45) is 0 Å². The standard InChI is InChI=1S/C14H25N3O/c1-14(7-2-3-8-15-14)13(18)16-11-6-9-17(10-11)12-4-5-12/h11-12,15H,2-10H2,1H3,(H,16,18). The summed E-state index contributed by atoms with van der Waals surface area (Å²) in [6.07, 6.45) is 7.17. The summed E-state index contributed by atoms with van der Waals surface area (Å²) in [5.41, 5.74) is -0.328. The third-order valence-corrected chi connectivity index (χ3v) is 4.74. The Hall–Kier alpha value is -0.610. The highest BCUT2D eigenvalue weighted by Gasteiger charge is 2.38. The largest absolute Gasteiger partial charge is 0.350 e. The molecule has 4 nitrogen and oxygen atoms in total. The number of piperidine rings is 1. The zero-order valence-corrected chi connectivity index (χ0v) is 11.4. The van der Waals surface area contributed by atoms with Crippen molar-refractivity contribution in [3.8, 4) is 0 Å². The Morgan fingerprint density at radius 3 is 2.83 bits per heavy atom. The van der Waals surface area contributed by atoms with Crippen LogP contribution in [0, 0.1) is 0 Å². The highest BCUT2D eigenvalue weighted by atomic mass is 16.2. The highest BCUT2D eigenvalue weighted by molar-refractivity contribution is 5.86. The van der Waals surface area contributed by atoms with Crippen molar-refractivity contribution in [2.75, 3.05) is 19.6 Å². The first-order chi connectivity index (χ1) is 8.67. The van der Waals surface area contributed by atoms with Crippen molar-refractivity contribution in [2.45, 2.75) is 63.1 Å². The van der Waals surface area contributed by atoms with Crippen LogP contribution in [-0.2, 0) is 4.79 Å². The van der Waals surface area contributed by atoms with Gasteiger partial charge in [-0.2, -0.15) is 0 Å². The Balaban J connectivity index is 1.51. The fourth-order valence-electron chi connectivity index (χ4n) is 3.27. The second-order valence-electron chi connectivity index (χ2n) is 6.40. The molecule has 4 heteroatoms.